The number of methoxy groups -OCH3 is 1. The number of carbonyl (C=O) groups is 2. The third kappa shape index (κ3) is 6.11. The van der Waals surface area contributed by atoms with E-state index in [1.165, 1.54) is 9.31 Å². The van der Waals surface area contributed by atoms with Crippen molar-refractivity contribution in [3.8, 4) is 5.75 Å². The Kier molecular flexibility index (Phi) is 8.77. The van der Waals surface area contributed by atoms with E-state index in [1.807, 2.05) is 84.9 Å². The fraction of sp³-hybridized carbons (Fsp3) is 0.312. The Labute approximate surface area is 247 Å². The van der Waals surface area contributed by atoms with Gasteiger partial charge >= 0.3 is 0 Å². The molecule has 0 saturated carbocycles. The average Bonchev–Trinajstić information content (AvgIpc) is 2.98. The van der Waals surface area contributed by atoms with Crippen LogP contribution in [-0.2, 0) is 39.0 Å². The van der Waals surface area contributed by atoms with Crippen molar-refractivity contribution in [3.63, 3.8) is 0 Å². The summed E-state index contributed by atoms with van der Waals surface area (Å²) in [5, 5.41) is 1.60. The molecule has 10 heteroatoms. The standard InChI is InChI=1S/C32H36N4O5S/c1-4-19-34-28(20-24-11-7-5-8-12-24)32(38)35-29(21-25-13-9-6-10-14-25)31(37)33(23-30(35)36(34)42(3,39)40)22-26-15-17-27(41-2)18-16-26/h4-18,28-30H,1,19-23H2,2-3H3/t28?,29-,30-/m0/s1. The number of sulfonamides is 1. The summed E-state index contributed by atoms with van der Waals surface area (Å²) < 4.78 is 33.6. The summed E-state index contributed by atoms with van der Waals surface area (Å²) >= 11 is 0. The molecule has 2 heterocycles. The molecule has 0 radical (unpaired) electrons. The number of hydrogen-bond donors (Lipinski definition) is 0. The molecule has 2 aliphatic rings. The molecule has 220 valence electrons. The number of hydrogen-bond acceptors (Lipinski definition) is 6. The molecule has 0 aliphatic carbocycles. The molecule has 3 atom stereocenters. The van der Waals surface area contributed by atoms with Gasteiger partial charge in [-0.1, -0.05) is 78.9 Å². The lowest BCUT2D eigenvalue weighted by atomic mass is 9.95. The molecular formula is C32H36N4O5S. The lowest BCUT2D eigenvalue weighted by Crippen LogP contribution is -2.78. The van der Waals surface area contributed by atoms with Crippen molar-refractivity contribution in [2.45, 2.75) is 37.6 Å². The van der Waals surface area contributed by atoms with Gasteiger partial charge in [0.25, 0.3) is 0 Å². The minimum absolute atomic E-state index is 0.0284. The van der Waals surface area contributed by atoms with Gasteiger partial charge in [-0.15, -0.1) is 11.0 Å². The number of nitrogens with zero attached hydrogens (tertiary/aromatic N) is 4. The van der Waals surface area contributed by atoms with Crippen molar-refractivity contribution in [2.75, 3.05) is 26.5 Å². The van der Waals surface area contributed by atoms with Crippen molar-refractivity contribution < 1.29 is 22.7 Å². The maximum Gasteiger partial charge on any atom is 0.246 e. The highest BCUT2D eigenvalue weighted by Gasteiger charge is 2.55. The Bertz CT molecular complexity index is 1520. The third-order valence-corrected chi connectivity index (χ3v) is 8.91. The number of benzene rings is 3. The largest absolute Gasteiger partial charge is 0.497 e. The smallest absolute Gasteiger partial charge is 0.246 e. The molecule has 0 aromatic heterocycles. The van der Waals surface area contributed by atoms with E-state index in [4.69, 9.17) is 4.74 Å². The van der Waals surface area contributed by atoms with Crippen LogP contribution in [0.2, 0.25) is 0 Å². The van der Waals surface area contributed by atoms with Crippen LogP contribution in [-0.4, -0.2) is 84.2 Å². The van der Waals surface area contributed by atoms with Crippen LogP contribution in [0.15, 0.2) is 97.6 Å². The SMILES string of the molecule is C=CCN1C(Cc2ccccc2)C(=O)N2[C@@H](Cc3ccccc3)C(=O)N(Cc3ccc(OC)cc3)C[C@@H]2N1S(C)(=O)=O. The van der Waals surface area contributed by atoms with Gasteiger partial charge in [-0.3, -0.25) is 9.59 Å². The maximum atomic E-state index is 14.4. The van der Waals surface area contributed by atoms with Gasteiger partial charge in [0.05, 0.1) is 19.9 Å². The van der Waals surface area contributed by atoms with E-state index >= 15 is 0 Å². The molecule has 0 N–H and O–H groups in total. The highest BCUT2D eigenvalue weighted by atomic mass is 32.2. The van der Waals surface area contributed by atoms with E-state index < -0.39 is 28.3 Å². The van der Waals surface area contributed by atoms with Crippen LogP contribution in [0, 0.1) is 0 Å². The highest BCUT2D eigenvalue weighted by molar-refractivity contribution is 7.88. The third-order valence-electron chi connectivity index (χ3n) is 7.78. The molecule has 2 amide bonds. The zero-order valence-electron chi connectivity index (χ0n) is 23.9. The van der Waals surface area contributed by atoms with Crippen molar-refractivity contribution in [1.29, 1.82) is 0 Å². The summed E-state index contributed by atoms with van der Waals surface area (Å²) in [5.41, 5.74) is 2.64. The second-order valence-electron chi connectivity index (χ2n) is 10.7. The van der Waals surface area contributed by atoms with Crippen LogP contribution >= 0.6 is 0 Å². The van der Waals surface area contributed by atoms with Gasteiger partial charge in [-0.05, 0) is 35.2 Å². The van der Waals surface area contributed by atoms with Crippen LogP contribution < -0.4 is 4.74 Å². The van der Waals surface area contributed by atoms with Crippen molar-refractivity contribution in [1.82, 2.24) is 19.2 Å². The van der Waals surface area contributed by atoms with Gasteiger partial charge in [0, 0.05) is 19.5 Å². The van der Waals surface area contributed by atoms with Crippen LogP contribution in [0.25, 0.3) is 0 Å². The molecule has 42 heavy (non-hydrogen) atoms. The Balaban J connectivity index is 1.59. The fourth-order valence-electron chi connectivity index (χ4n) is 5.90. The number of carbonyl (C=O) groups excluding carboxylic acids is 2. The molecule has 2 aliphatic heterocycles. The monoisotopic (exact) mass is 588 g/mol. The van der Waals surface area contributed by atoms with Crippen LogP contribution in [0.4, 0.5) is 0 Å². The summed E-state index contributed by atoms with van der Waals surface area (Å²) in [6.45, 7) is 4.29. The van der Waals surface area contributed by atoms with Crippen molar-refractivity contribution in [2.24, 2.45) is 0 Å². The van der Waals surface area contributed by atoms with E-state index in [-0.39, 0.29) is 44.3 Å². The number of fused-ring (bicyclic) bond motifs is 1. The van der Waals surface area contributed by atoms with E-state index in [2.05, 4.69) is 6.58 Å². The van der Waals surface area contributed by atoms with Crippen LogP contribution in [0.1, 0.15) is 16.7 Å². The lowest BCUT2D eigenvalue weighted by molar-refractivity contribution is -0.193. The predicted molar refractivity (Wildman–Crippen MR) is 160 cm³/mol. The zero-order chi connectivity index (χ0) is 29.9. The number of rotatable bonds is 10. The van der Waals surface area contributed by atoms with Gasteiger partial charge in [0.2, 0.25) is 21.8 Å². The summed E-state index contributed by atoms with van der Waals surface area (Å²) in [7, 11) is -2.28. The predicted octanol–water partition coefficient (Wildman–Crippen LogP) is 3.09. The first kappa shape index (κ1) is 29.5. The maximum absolute atomic E-state index is 14.4. The van der Waals surface area contributed by atoms with Crippen LogP contribution in [0.3, 0.4) is 0 Å². The highest BCUT2D eigenvalue weighted by Crippen LogP contribution is 2.34. The number of amides is 2. The van der Waals surface area contributed by atoms with Crippen LogP contribution in [0.5, 0.6) is 5.75 Å². The van der Waals surface area contributed by atoms with Crippen molar-refractivity contribution >= 4 is 21.8 Å². The zero-order valence-corrected chi connectivity index (χ0v) is 24.7. The number of piperazine rings is 1. The molecule has 1 unspecified atom stereocenters. The molecule has 9 nitrogen and oxygen atoms in total. The van der Waals surface area contributed by atoms with E-state index in [1.54, 1.807) is 23.1 Å². The van der Waals surface area contributed by atoms with Gasteiger partial charge in [-0.2, -0.15) is 0 Å². The average molecular weight is 589 g/mol. The van der Waals surface area contributed by atoms with Gasteiger partial charge < -0.3 is 14.5 Å². The second-order valence-corrected chi connectivity index (χ2v) is 12.5. The van der Waals surface area contributed by atoms with E-state index in [0.717, 1.165) is 22.9 Å². The molecular weight excluding hydrogens is 552 g/mol. The topological polar surface area (TPSA) is 90.5 Å². The summed E-state index contributed by atoms with van der Waals surface area (Å²) in [4.78, 5) is 31.8. The summed E-state index contributed by atoms with van der Waals surface area (Å²) in [6, 6.07) is 24.7. The number of hydrazine groups is 1. The molecule has 0 bridgehead atoms. The van der Waals surface area contributed by atoms with E-state index in [9.17, 15) is 18.0 Å². The molecule has 0 spiro atoms. The Morgan fingerprint density at radius 2 is 1.40 bits per heavy atom. The first-order valence-electron chi connectivity index (χ1n) is 13.9. The summed E-state index contributed by atoms with van der Waals surface area (Å²) in [5.74, 6) is 0.204. The van der Waals surface area contributed by atoms with Gasteiger partial charge in [0.15, 0.2) is 0 Å². The Morgan fingerprint density at radius 3 is 1.93 bits per heavy atom. The molecule has 3 aromatic carbocycles. The first-order chi connectivity index (χ1) is 20.2. The van der Waals surface area contributed by atoms with Gasteiger partial charge in [0.1, 0.15) is 24.0 Å². The normalized spacial score (nSPS) is 21.7. The minimum Gasteiger partial charge on any atom is -0.497 e. The quantitative estimate of drug-likeness (QED) is 0.338. The first-order valence-corrected chi connectivity index (χ1v) is 15.7. The van der Waals surface area contributed by atoms with E-state index in [0.29, 0.717) is 5.75 Å². The minimum atomic E-state index is -3.87. The fourth-order valence-corrected chi connectivity index (χ4v) is 7.07. The van der Waals surface area contributed by atoms with Gasteiger partial charge in [-0.25, -0.2) is 13.4 Å². The summed E-state index contributed by atoms with van der Waals surface area (Å²) in [6.07, 6.45) is 2.38. The Morgan fingerprint density at radius 1 is 0.833 bits per heavy atom. The Hall–Kier alpha value is -3.99. The molecule has 2 fully saturated rings. The second kappa shape index (κ2) is 12.5. The number of ether oxygens (including phenoxy) is 1. The lowest BCUT2D eigenvalue weighted by Gasteiger charge is -2.56. The molecule has 2 saturated heterocycles. The molecule has 5 rings (SSSR count). The van der Waals surface area contributed by atoms with Crippen molar-refractivity contribution in [3.05, 3.63) is 114 Å². The molecule has 3 aromatic rings.